The summed E-state index contributed by atoms with van der Waals surface area (Å²) in [5.41, 5.74) is 1.25. The van der Waals surface area contributed by atoms with Crippen molar-refractivity contribution in [2.75, 3.05) is 31.3 Å². The number of anilines is 1. The molecule has 23 heavy (non-hydrogen) atoms. The summed E-state index contributed by atoms with van der Waals surface area (Å²) >= 11 is 0. The second-order valence-electron chi connectivity index (χ2n) is 6.80. The first-order chi connectivity index (χ1) is 10.8. The Morgan fingerprint density at radius 1 is 1.17 bits per heavy atom. The second-order valence-corrected chi connectivity index (χ2v) is 8.78. The molecule has 3 rings (SSSR count). The molecular formula is C17H24N2O3S. The molecule has 0 amide bonds. The highest BCUT2D eigenvalue weighted by molar-refractivity contribution is 7.90. The standard InChI is InChI=1S/C17H24N2O3S/c1-12(20)13-4-7-17(23(3,21)22)16(10-13)19-9-8-14-5-6-15(11-19)18(14)2/h4,7,10,14-15H,5-6,8-9,11H2,1-3H3. The van der Waals surface area contributed by atoms with Gasteiger partial charge in [0.1, 0.15) is 0 Å². The number of carbonyl (C=O) groups is 1. The topological polar surface area (TPSA) is 57.7 Å². The number of carbonyl (C=O) groups excluding carboxylic acids is 1. The van der Waals surface area contributed by atoms with Crippen LogP contribution in [0.3, 0.4) is 0 Å². The van der Waals surface area contributed by atoms with Crippen molar-refractivity contribution in [3.63, 3.8) is 0 Å². The number of hydrogen-bond donors (Lipinski definition) is 0. The summed E-state index contributed by atoms with van der Waals surface area (Å²) in [6.45, 7) is 3.16. The molecule has 2 aliphatic rings. The summed E-state index contributed by atoms with van der Waals surface area (Å²) in [7, 11) is -1.17. The average Bonchev–Trinajstić information content (AvgIpc) is 2.70. The number of rotatable bonds is 3. The van der Waals surface area contributed by atoms with E-state index in [9.17, 15) is 13.2 Å². The van der Waals surface area contributed by atoms with Gasteiger partial charge in [0.25, 0.3) is 0 Å². The van der Waals surface area contributed by atoms with Crippen LogP contribution in [-0.4, -0.2) is 57.6 Å². The van der Waals surface area contributed by atoms with Crippen LogP contribution in [0.4, 0.5) is 5.69 Å². The van der Waals surface area contributed by atoms with Crippen LogP contribution in [0.2, 0.25) is 0 Å². The number of sulfone groups is 1. The molecule has 0 saturated carbocycles. The van der Waals surface area contributed by atoms with Gasteiger partial charge in [-0.3, -0.25) is 9.69 Å². The minimum Gasteiger partial charge on any atom is -0.369 e. The molecule has 2 bridgehead atoms. The molecule has 0 aliphatic carbocycles. The maximum Gasteiger partial charge on any atom is 0.177 e. The quantitative estimate of drug-likeness (QED) is 0.790. The zero-order valence-corrected chi connectivity index (χ0v) is 14.8. The van der Waals surface area contributed by atoms with E-state index in [1.54, 1.807) is 18.2 Å². The molecule has 6 heteroatoms. The fraction of sp³-hybridized carbons (Fsp3) is 0.588. The fourth-order valence-corrected chi connectivity index (χ4v) is 4.71. The molecule has 0 N–H and O–H groups in total. The minimum atomic E-state index is -3.33. The maximum absolute atomic E-state index is 12.2. The lowest BCUT2D eigenvalue weighted by Gasteiger charge is -2.29. The predicted molar refractivity (Wildman–Crippen MR) is 91.0 cm³/mol. The summed E-state index contributed by atoms with van der Waals surface area (Å²) in [4.78, 5) is 16.6. The van der Waals surface area contributed by atoms with Gasteiger partial charge in [0, 0.05) is 37.0 Å². The van der Waals surface area contributed by atoms with E-state index in [0.717, 1.165) is 25.9 Å². The van der Waals surface area contributed by atoms with Crippen LogP contribution < -0.4 is 4.90 Å². The summed E-state index contributed by atoms with van der Waals surface area (Å²) in [6.07, 6.45) is 4.63. The summed E-state index contributed by atoms with van der Waals surface area (Å²) in [5.74, 6) is -0.0419. The molecule has 2 heterocycles. The van der Waals surface area contributed by atoms with Crippen LogP contribution in [0.25, 0.3) is 0 Å². The van der Waals surface area contributed by atoms with E-state index in [2.05, 4.69) is 16.8 Å². The van der Waals surface area contributed by atoms with Gasteiger partial charge in [-0.25, -0.2) is 8.42 Å². The SMILES string of the molecule is CC(=O)c1ccc(S(C)(=O)=O)c(N2CCC3CCC(C2)N3C)c1. The molecule has 0 aromatic heterocycles. The first kappa shape index (κ1) is 16.5. The molecule has 2 fully saturated rings. The van der Waals surface area contributed by atoms with Gasteiger partial charge < -0.3 is 4.90 Å². The van der Waals surface area contributed by atoms with Crippen molar-refractivity contribution in [3.8, 4) is 0 Å². The Balaban J connectivity index is 2.03. The van der Waals surface area contributed by atoms with E-state index in [1.807, 2.05) is 0 Å². The molecule has 0 spiro atoms. The normalized spacial score (nSPS) is 25.4. The predicted octanol–water partition coefficient (Wildman–Crippen LogP) is 1.97. The van der Waals surface area contributed by atoms with Crippen molar-refractivity contribution in [1.29, 1.82) is 0 Å². The molecule has 2 atom stereocenters. The lowest BCUT2D eigenvalue weighted by atomic mass is 10.1. The average molecular weight is 336 g/mol. The molecule has 1 aromatic rings. The Morgan fingerprint density at radius 3 is 2.52 bits per heavy atom. The number of nitrogens with zero attached hydrogens (tertiary/aromatic N) is 2. The van der Waals surface area contributed by atoms with Gasteiger partial charge in [0.15, 0.2) is 15.6 Å². The van der Waals surface area contributed by atoms with Crippen molar-refractivity contribution >= 4 is 21.3 Å². The number of likely N-dealkylation sites (N-methyl/N-ethyl adjacent to an activating group) is 1. The van der Waals surface area contributed by atoms with Crippen molar-refractivity contribution in [2.45, 2.75) is 43.2 Å². The van der Waals surface area contributed by atoms with E-state index in [-0.39, 0.29) is 5.78 Å². The summed E-state index contributed by atoms with van der Waals surface area (Å²) in [6, 6.07) is 5.98. The second kappa shape index (κ2) is 5.91. The van der Waals surface area contributed by atoms with Crippen LogP contribution in [0.5, 0.6) is 0 Å². The van der Waals surface area contributed by atoms with Crippen LogP contribution in [0.15, 0.2) is 23.1 Å². The molecule has 2 aliphatic heterocycles. The van der Waals surface area contributed by atoms with Gasteiger partial charge in [-0.15, -0.1) is 0 Å². The minimum absolute atomic E-state index is 0.0419. The van der Waals surface area contributed by atoms with Crippen molar-refractivity contribution < 1.29 is 13.2 Å². The third-order valence-corrected chi connectivity index (χ3v) is 6.40. The molecule has 2 saturated heterocycles. The highest BCUT2D eigenvalue weighted by atomic mass is 32.2. The third kappa shape index (κ3) is 3.15. The van der Waals surface area contributed by atoms with Gasteiger partial charge >= 0.3 is 0 Å². The number of benzene rings is 1. The highest BCUT2D eigenvalue weighted by Gasteiger charge is 2.35. The first-order valence-corrected chi connectivity index (χ1v) is 9.98. The summed E-state index contributed by atoms with van der Waals surface area (Å²) in [5, 5.41) is 0. The van der Waals surface area contributed by atoms with E-state index in [1.165, 1.54) is 19.6 Å². The maximum atomic E-state index is 12.2. The number of hydrogen-bond acceptors (Lipinski definition) is 5. The smallest absolute Gasteiger partial charge is 0.177 e. The van der Waals surface area contributed by atoms with Crippen LogP contribution >= 0.6 is 0 Å². The van der Waals surface area contributed by atoms with E-state index >= 15 is 0 Å². The van der Waals surface area contributed by atoms with Crippen molar-refractivity contribution in [3.05, 3.63) is 23.8 Å². The van der Waals surface area contributed by atoms with E-state index in [0.29, 0.717) is 28.2 Å². The van der Waals surface area contributed by atoms with Gasteiger partial charge in [-0.1, -0.05) is 0 Å². The van der Waals surface area contributed by atoms with Gasteiger partial charge in [-0.2, -0.15) is 0 Å². The number of Topliss-reactive ketones (excluding diaryl/α,β-unsaturated/α-hetero) is 1. The zero-order chi connectivity index (χ0) is 16.8. The van der Waals surface area contributed by atoms with Crippen LogP contribution in [0, 0.1) is 0 Å². The largest absolute Gasteiger partial charge is 0.369 e. The lowest BCUT2D eigenvalue weighted by Crippen LogP contribution is -2.37. The number of ketones is 1. The molecule has 1 aromatic carbocycles. The van der Waals surface area contributed by atoms with Crippen molar-refractivity contribution in [2.24, 2.45) is 0 Å². The molecule has 126 valence electrons. The zero-order valence-electron chi connectivity index (χ0n) is 13.9. The highest BCUT2D eigenvalue weighted by Crippen LogP contribution is 2.34. The lowest BCUT2D eigenvalue weighted by molar-refractivity contribution is 0.101. The van der Waals surface area contributed by atoms with Gasteiger partial charge in [0.2, 0.25) is 0 Å². The molecule has 5 nitrogen and oxygen atoms in total. The Morgan fingerprint density at radius 2 is 1.87 bits per heavy atom. The van der Waals surface area contributed by atoms with Gasteiger partial charge in [-0.05, 0) is 51.4 Å². The molecule has 0 radical (unpaired) electrons. The van der Waals surface area contributed by atoms with Crippen LogP contribution in [0.1, 0.15) is 36.5 Å². The third-order valence-electron chi connectivity index (χ3n) is 5.25. The molecular weight excluding hydrogens is 312 g/mol. The Hall–Kier alpha value is -1.40. The Bertz CT molecular complexity index is 729. The van der Waals surface area contributed by atoms with Crippen molar-refractivity contribution in [1.82, 2.24) is 4.90 Å². The Labute approximate surface area is 138 Å². The van der Waals surface area contributed by atoms with E-state index in [4.69, 9.17) is 0 Å². The summed E-state index contributed by atoms with van der Waals surface area (Å²) < 4.78 is 24.3. The molecule has 2 unspecified atom stereocenters. The first-order valence-electron chi connectivity index (χ1n) is 8.09. The van der Waals surface area contributed by atoms with Crippen LogP contribution in [-0.2, 0) is 9.84 Å². The van der Waals surface area contributed by atoms with Gasteiger partial charge in [0.05, 0.1) is 10.6 Å². The van der Waals surface area contributed by atoms with E-state index < -0.39 is 9.84 Å². The fourth-order valence-electron chi connectivity index (χ4n) is 3.82. The number of fused-ring (bicyclic) bond motifs is 2. The Kier molecular flexibility index (Phi) is 4.23. The monoisotopic (exact) mass is 336 g/mol.